The van der Waals surface area contributed by atoms with Gasteiger partial charge in [0.15, 0.2) is 0 Å². The molecule has 5 aliphatic rings. The fraction of sp³-hybridized carbons (Fsp3) is 0.818. The summed E-state index contributed by atoms with van der Waals surface area (Å²) >= 11 is 0. The molecule has 4 heteroatoms. The van der Waals surface area contributed by atoms with Gasteiger partial charge in [-0.15, -0.1) is 0 Å². The summed E-state index contributed by atoms with van der Waals surface area (Å²) in [5.41, 5.74) is 0.459. The van der Waals surface area contributed by atoms with Crippen LogP contribution in [0.25, 0.3) is 0 Å². The first-order valence-electron chi connectivity index (χ1n) is 5.42. The number of hydrogen-bond donors (Lipinski definition) is 0. The molecule has 4 atom stereocenters. The highest BCUT2D eigenvalue weighted by Crippen LogP contribution is 2.80. The van der Waals surface area contributed by atoms with Crippen LogP contribution in [0.1, 0.15) is 25.7 Å². The van der Waals surface area contributed by atoms with Gasteiger partial charge in [-0.2, -0.15) is 0 Å². The topological polar surface area (TPSA) is 52.6 Å². The van der Waals surface area contributed by atoms with Crippen molar-refractivity contribution in [2.24, 2.45) is 16.7 Å². The molecule has 0 radical (unpaired) electrons. The van der Waals surface area contributed by atoms with Gasteiger partial charge in [0.05, 0.1) is 6.61 Å². The van der Waals surface area contributed by atoms with Crippen LogP contribution in [0.15, 0.2) is 0 Å². The van der Waals surface area contributed by atoms with Gasteiger partial charge in [-0.25, -0.2) is 0 Å². The first-order valence-corrected chi connectivity index (χ1v) is 5.42. The van der Waals surface area contributed by atoms with E-state index in [1.165, 1.54) is 6.42 Å². The third-order valence-corrected chi connectivity index (χ3v) is 4.99. The van der Waals surface area contributed by atoms with Gasteiger partial charge in [0.25, 0.3) is 12.9 Å². The number of rotatable bonds is 5. The Morgan fingerprint density at radius 2 is 2.13 bits per heavy atom. The van der Waals surface area contributed by atoms with Crippen LogP contribution in [0.4, 0.5) is 0 Å². The van der Waals surface area contributed by atoms with Crippen molar-refractivity contribution in [3.63, 3.8) is 0 Å². The standard InChI is InChI=1S/C11H14O4/c12-6-14-4-8-10-1-2-11(8,5-10)9(3-10)15-7-13/h6-9H,1-5H2/t8-,9?,10?,11?/m0/s1. The van der Waals surface area contributed by atoms with Crippen LogP contribution in [0.3, 0.4) is 0 Å². The maximum atomic E-state index is 10.4. The monoisotopic (exact) mass is 210 g/mol. The SMILES string of the molecule is O=COC[C@H]1C23CCC1(C2)C(OC=O)C3. The molecule has 5 fully saturated rings. The molecule has 0 spiro atoms. The van der Waals surface area contributed by atoms with Gasteiger partial charge in [-0.3, -0.25) is 9.59 Å². The lowest BCUT2D eigenvalue weighted by Gasteiger charge is -2.46. The van der Waals surface area contributed by atoms with Crippen LogP contribution in [0.2, 0.25) is 0 Å². The number of fused-ring (bicyclic) bond motifs is 2. The zero-order chi connectivity index (χ0) is 10.5. The average molecular weight is 210 g/mol. The Kier molecular flexibility index (Phi) is 1.68. The molecule has 5 saturated carbocycles. The highest BCUT2D eigenvalue weighted by molar-refractivity contribution is 5.40. The third-order valence-electron chi connectivity index (χ3n) is 4.99. The van der Waals surface area contributed by atoms with Gasteiger partial charge in [0, 0.05) is 11.3 Å². The minimum Gasteiger partial charge on any atom is -0.468 e. The molecule has 5 aliphatic carbocycles. The third kappa shape index (κ3) is 0.880. The summed E-state index contributed by atoms with van der Waals surface area (Å²) in [4.78, 5) is 20.6. The van der Waals surface area contributed by atoms with Gasteiger partial charge < -0.3 is 9.47 Å². The minimum atomic E-state index is 0.0732. The summed E-state index contributed by atoms with van der Waals surface area (Å²) < 4.78 is 10.1. The molecular formula is C11H14O4. The first-order chi connectivity index (χ1) is 7.27. The molecule has 0 aliphatic heterocycles. The lowest BCUT2D eigenvalue weighted by atomic mass is 9.59. The van der Waals surface area contributed by atoms with E-state index in [1.807, 2.05) is 0 Å². The predicted octanol–water partition coefficient (Wildman–Crippen LogP) is 0.891. The second-order valence-corrected chi connectivity index (χ2v) is 5.18. The van der Waals surface area contributed by atoms with E-state index in [-0.39, 0.29) is 11.5 Å². The summed E-state index contributed by atoms with van der Waals surface area (Å²) in [6, 6.07) is 0. The molecule has 0 amide bonds. The van der Waals surface area contributed by atoms with E-state index in [0.29, 0.717) is 30.9 Å². The smallest absolute Gasteiger partial charge is 0.293 e. The zero-order valence-corrected chi connectivity index (χ0v) is 8.48. The number of carbonyl (C=O) groups is 2. The van der Waals surface area contributed by atoms with E-state index < -0.39 is 0 Å². The molecule has 4 nitrogen and oxygen atoms in total. The van der Waals surface area contributed by atoms with Crippen molar-refractivity contribution in [3.8, 4) is 0 Å². The van der Waals surface area contributed by atoms with Crippen molar-refractivity contribution in [3.05, 3.63) is 0 Å². The molecular weight excluding hydrogens is 196 g/mol. The van der Waals surface area contributed by atoms with Gasteiger partial charge in [0.1, 0.15) is 6.10 Å². The molecule has 3 unspecified atom stereocenters. The summed E-state index contributed by atoms with van der Waals surface area (Å²) in [7, 11) is 0. The largest absolute Gasteiger partial charge is 0.468 e. The molecule has 5 rings (SSSR count). The maximum Gasteiger partial charge on any atom is 0.293 e. The molecule has 0 heterocycles. The average Bonchev–Trinajstić information content (AvgIpc) is 2.87. The highest BCUT2D eigenvalue weighted by atomic mass is 16.5. The van der Waals surface area contributed by atoms with Crippen LogP contribution in [0.5, 0.6) is 0 Å². The van der Waals surface area contributed by atoms with Crippen molar-refractivity contribution >= 4 is 12.9 Å². The van der Waals surface area contributed by atoms with Crippen molar-refractivity contribution < 1.29 is 19.1 Å². The fourth-order valence-corrected chi connectivity index (χ4v) is 4.50. The van der Waals surface area contributed by atoms with Gasteiger partial charge in [-0.1, -0.05) is 0 Å². The lowest BCUT2D eigenvalue weighted by Crippen LogP contribution is -2.46. The summed E-state index contributed by atoms with van der Waals surface area (Å²) in [6.45, 7) is 1.58. The summed E-state index contributed by atoms with van der Waals surface area (Å²) in [5, 5.41) is 0. The Bertz CT molecular complexity index is 316. The van der Waals surface area contributed by atoms with Crippen LogP contribution >= 0.6 is 0 Å². The molecule has 15 heavy (non-hydrogen) atoms. The van der Waals surface area contributed by atoms with E-state index in [0.717, 1.165) is 19.3 Å². The van der Waals surface area contributed by atoms with Crippen molar-refractivity contribution in [2.75, 3.05) is 6.61 Å². The normalized spacial score (nSPS) is 49.6. The number of ether oxygens (including phenoxy) is 2. The Hall–Kier alpha value is -1.06. The molecule has 2 bridgehead atoms. The molecule has 0 saturated heterocycles. The van der Waals surface area contributed by atoms with Crippen LogP contribution in [-0.4, -0.2) is 25.7 Å². The van der Waals surface area contributed by atoms with E-state index in [4.69, 9.17) is 9.47 Å². The van der Waals surface area contributed by atoms with E-state index in [9.17, 15) is 9.59 Å². The first kappa shape index (κ1) is 9.19. The maximum absolute atomic E-state index is 10.4. The van der Waals surface area contributed by atoms with E-state index in [1.54, 1.807) is 0 Å². The second-order valence-electron chi connectivity index (χ2n) is 5.18. The molecule has 0 aromatic carbocycles. The van der Waals surface area contributed by atoms with E-state index in [2.05, 4.69) is 0 Å². The van der Waals surface area contributed by atoms with Crippen molar-refractivity contribution in [1.29, 1.82) is 0 Å². The zero-order valence-electron chi connectivity index (χ0n) is 8.48. The summed E-state index contributed by atoms with van der Waals surface area (Å²) in [5.74, 6) is 0.431. The van der Waals surface area contributed by atoms with Crippen molar-refractivity contribution in [1.82, 2.24) is 0 Å². The van der Waals surface area contributed by atoms with E-state index >= 15 is 0 Å². The lowest BCUT2D eigenvalue weighted by molar-refractivity contribution is -0.146. The highest BCUT2D eigenvalue weighted by Gasteiger charge is 2.78. The fourth-order valence-electron chi connectivity index (χ4n) is 4.50. The Labute approximate surface area is 87.9 Å². The predicted molar refractivity (Wildman–Crippen MR) is 49.8 cm³/mol. The van der Waals surface area contributed by atoms with Crippen LogP contribution in [-0.2, 0) is 19.1 Å². The van der Waals surface area contributed by atoms with Gasteiger partial charge in [0.2, 0.25) is 0 Å². The van der Waals surface area contributed by atoms with Crippen LogP contribution < -0.4 is 0 Å². The number of carbonyl (C=O) groups excluding carboxylic acids is 2. The molecule has 82 valence electrons. The Morgan fingerprint density at radius 3 is 2.80 bits per heavy atom. The summed E-state index contributed by atoms with van der Waals surface area (Å²) in [6.07, 6.45) is 4.53. The van der Waals surface area contributed by atoms with Gasteiger partial charge in [-0.05, 0) is 31.1 Å². The Balaban J connectivity index is 1.78. The van der Waals surface area contributed by atoms with Gasteiger partial charge >= 0.3 is 0 Å². The minimum absolute atomic E-state index is 0.0732. The Morgan fingerprint density at radius 1 is 1.27 bits per heavy atom. The van der Waals surface area contributed by atoms with Crippen molar-refractivity contribution in [2.45, 2.75) is 31.8 Å². The molecule has 0 aromatic heterocycles. The molecule has 0 aromatic rings. The quantitative estimate of drug-likeness (QED) is 0.632. The van der Waals surface area contributed by atoms with Crippen LogP contribution in [0, 0.1) is 16.7 Å². The second kappa shape index (κ2) is 2.74. The number of hydrogen-bond acceptors (Lipinski definition) is 4. The molecule has 0 N–H and O–H groups in total.